The smallest absolute Gasteiger partial charge is 0.0991 e. The Morgan fingerprint density at radius 1 is 1.47 bits per heavy atom. The third kappa shape index (κ3) is 3.60. The first-order valence-corrected chi connectivity index (χ1v) is 5.55. The molecule has 1 rings (SSSR count). The van der Waals surface area contributed by atoms with Gasteiger partial charge in [0.25, 0.3) is 0 Å². The molecule has 0 aliphatic rings. The largest absolute Gasteiger partial charge is 0.323 e. The van der Waals surface area contributed by atoms with Crippen molar-refractivity contribution in [3.63, 3.8) is 0 Å². The van der Waals surface area contributed by atoms with Gasteiger partial charge in [0.05, 0.1) is 18.4 Å². The Morgan fingerprint density at radius 3 is 2.60 bits per heavy atom. The second kappa shape index (κ2) is 5.82. The highest BCUT2D eigenvalue weighted by molar-refractivity contribution is 4.97. The van der Waals surface area contributed by atoms with Gasteiger partial charge in [0.15, 0.2) is 0 Å². The van der Waals surface area contributed by atoms with Crippen molar-refractivity contribution >= 4 is 0 Å². The van der Waals surface area contributed by atoms with Crippen LogP contribution in [-0.2, 0) is 6.54 Å². The summed E-state index contributed by atoms with van der Waals surface area (Å²) in [6.45, 7) is 10.3. The van der Waals surface area contributed by atoms with E-state index in [0.29, 0.717) is 0 Å². The summed E-state index contributed by atoms with van der Waals surface area (Å²) >= 11 is 0. The SMILES string of the molecule is CCN(CC)CCn1cc(C(C)N)nn1. The van der Waals surface area contributed by atoms with Crippen molar-refractivity contribution in [2.45, 2.75) is 33.4 Å². The fourth-order valence-electron chi connectivity index (χ4n) is 1.42. The van der Waals surface area contributed by atoms with Gasteiger partial charge in [-0.05, 0) is 20.0 Å². The average Bonchev–Trinajstić information content (AvgIpc) is 2.68. The Balaban J connectivity index is 2.43. The van der Waals surface area contributed by atoms with Crippen LogP contribution in [0.25, 0.3) is 0 Å². The Bertz CT molecular complexity index is 277. The Morgan fingerprint density at radius 2 is 2.13 bits per heavy atom. The molecular formula is C10H21N5. The molecule has 5 nitrogen and oxygen atoms in total. The lowest BCUT2D eigenvalue weighted by molar-refractivity contribution is 0.284. The molecule has 1 atom stereocenters. The van der Waals surface area contributed by atoms with Gasteiger partial charge >= 0.3 is 0 Å². The molecule has 0 bridgehead atoms. The molecule has 1 unspecified atom stereocenters. The first kappa shape index (κ1) is 12.1. The molecular weight excluding hydrogens is 190 g/mol. The summed E-state index contributed by atoms with van der Waals surface area (Å²) < 4.78 is 1.86. The fourth-order valence-corrected chi connectivity index (χ4v) is 1.42. The van der Waals surface area contributed by atoms with Gasteiger partial charge in [0.2, 0.25) is 0 Å². The van der Waals surface area contributed by atoms with Crippen LogP contribution in [0, 0.1) is 0 Å². The van der Waals surface area contributed by atoms with E-state index in [4.69, 9.17) is 5.73 Å². The maximum atomic E-state index is 5.71. The van der Waals surface area contributed by atoms with Crippen molar-refractivity contribution in [2.75, 3.05) is 19.6 Å². The summed E-state index contributed by atoms with van der Waals surface area (Å²) in [5.41, 5.74) is 6.57. The predicted octanol–water partition coefficient (Wildman–Crippen LogP) is 0.640. The zero-order valence-corrected chi connectivity index (χ0v) is 9.85. The summed E-state index contributed by atoms with van der Waals surface area (Å²) in [5, 5.41) is 8.05. The van der Waals surface area contributed by atoms with Gasteiger partial charge in [-0.1, -0.05) is 19.1 Å². The van der Waals surface area contributed by atoms with Gasteiger partial charge in [-0.3, -0.25) is 4.68 Å². The molecule has 5 heteroatoms. The molecule has 0 aromatic carbocycles. The van der Waals surface area contributed by atoms with Crippen LogP contribution in [0.2, 0.25) is 0 Å². The highest BCUT2D eigenvalue weighted by atomic mass is 15.4. The first-order chi connectivity index (χ1) is 7.17. The maximum absolute atomic E-state index is 5.71. The van der Waals surface area contributed by atoms with Crippen LogP contribution in [0.3, 0.4) is 0 Å². The molecule has 2 N–H and O–H groups in total. The van der Waals surface area contributed by atoms with E-state index in [-0.39, 0.29) is 6.04 Å². The number of nitrogens with zero attached hydrogens (tertiary/aromatic N) is 4. The number of aromatic nitrogens is 3. The Labute approximate surface area is 91.2 Å². The van der Waals surface area contributed by atoms with Gasteiger partial charge < -0.3 is 10.6 Å². The van der Waals surface area contributed by atoms with Crippen LogP contribution >= 0.6 is 0 Å². The monoisotopic (exact) mass is 211 g/mol. The summed E-state index contributed by atoms with van der Waals surface area (Å²) in [4.78, 5) is 2.35. The topological polar surface area (TPSA) is 60.0 Å². The number of likely N-dealkylation sites (N-methyl/N-ethyl adjacent to an activating group) is 1. The lowest BCUT2D eigenvalue weighted by atomic mass is 10.3. The van der Waals surface area contributed by atoms with Crippen LogP contribution in [0.15, 0.2) is 6.20 Å². The summed E-state index contributed by atoms with van der Waals surface area (Å²) in [6.07, 6.45) is 1.92. The molecule has 0 aliphatic heterocycles. The second-order valence-electron chi connectivity index (χ2n) is 3.72. The number of nitrogens with two attached hydrogens (primary N) is 1. The highest BCUT2D eigenvalue weighted by Gasteiger charge is 2.05. The molecule has 0 saturated heterocycles. The average molecular weight is 211 g/mol. The Hall–Kier alpha value is -0.940. The van der Waals surface area contributed by atoms with E-state index in [1.165, 1.54) is 0 Å². The third-order valence-electron chi connectivity index (χ3n) is 2.56. The van der Waals surface area contributed by atoms with Crippen molar-refractivity contribution in [2.24, 2.45) is 5.73 Å². The van der Waals surface area contributed by atoms with E-state index in [2.05, 4.69) is 29.1 Å². The lowest BCUT2D eigenvalue weighted by Gasteiger charge is -2.17. The molecule has 0 spiro atoms. The molecule has 0 aliphatic carbocycles. The summed E-state index contributed by atoms with van der Waals surface area (Å²) in [7, 11) is 0. The van der Waals surface area contributed by atoms with Crippen molar-refractivity contribution in [1.29, 1.82) is 0 Å². The fraction of sp³-hybridized carbons (Fsp3) is 0.800. The minimum atomic E-state index is -0.0350. The molecule has 86 valence electrons. The third-order valence-corrected chi connectivity index (χ3v) is 2.56. The molecule has 0 fully saturated rings. The van der Waals surface area contributed by atoms with E-state index in [0.717, 1.165) is 31.9 Å². The summed E-state index contributed by atoms with van der Waals surface area (Å²) in [6, 6.07) is -0.0350. The maximum Gasteiger partial charge on any atom is 0.0991 e. The second-order valence-corrected chi connectivity index (χ2v) is 3.72. The van der Waals surface area contributed by atoms with Crippen molar-refractivity contribution in [3.8, 4) is 0 Å². The molecule has 1 heterocycles. The Kier molecular flexibility index (Phi) is 4.71. The van der Waals surface area contributed by atoms with Crippen LogP contribution in [0.5, 0.6) is 0 Å². The molecule has 1 aromatic heterocycles. The van der Waals surface area contributed by atoms with Crippen LogP contribution in [0.4, 0.5) is 0 Å². The van der Waals surface area contributed by atoms with Gasteiger partial charge in [0, 0.05) is 12.6 Å². The van der Waals surface area contributed by atoms with E-state index in [1.54, 1.807) is 0 Å². The summed E-state index contributed by atoms with van der Waals surface area (Å²) in [5.74, 6) is 0. The minimum absolute atomic E-state index is 0.0350. The van der Waals surface area contributed by atoms with Crippen LogP contribution < -0.4 is 5.73 Å². The van der Waals surface area contributed by atoms with E-state index in [9.17, 15) is 0 Å². The molecule has 0 saturated carbocycles. The quantitative estimate of drug-likeness (QED) is 0.750. The number of hydrogen-bond donors (Lipinski definition) is 1. The zero-order chi connectivity index (χ0) is 11.3. The van der Waals surface area contributed by atoms with E-state index >= 15 is 0 Å². The molecule has 0 amide bonds. The molecule has 15 heavy (non-hydrogen) atoms. The highest BCUT2D eigenvalue weighted by Crippen LogP contribution is 2.03. The van der Waals surface area contributed by atoms with Gasteiger partial charge in [-0.25, -0.2) is 0 Å². The van der Waals surface area contributed by atoms with Crippen LogP contribution in [-0.4, -0.2) is 39.5 Å². The van der Waals surface area contributed by atoms with Crippen LogP contribution in [0.1, 0.15) is 32.5 Å². The van der Waals surface area contributed by atoms with Gasteiger partial charge in [0.1, 0.15) is 0 Å². The van der Waals surface area contributed by atoms with Crippen molar-refractivity contribution in [3.05, 3.63) is 11.9 Å². The predicted molar refractivity (Wildman–Crippen MR) is 60.4 cm³/mol. The molecule has 1 aromatic rings. The van der Waals surface area contributed by atoms with Crippen molar-refractivity contribution in [1.82, 2.24) is 19.9 Å². The number of rotatable bonds is 6. The van der Waals surface area contributed by atoms with E-state index < -0.39 is 0 Å². The first-order valence-electron chi connectivity index (χ1n) is 5.55. The standard InChI is InChI=1S/C10H21N5/c1-4-14(5-2)6-7-15-8-10(9(3)11)12-13-15/h8-9H,4-7,11H2,1-3H3. The zero-order valence-electron chi connectivity index (χ0n) is 9.85. The van der Waals surface area contributed by atoms with Crippen molar-refractivity contribution < 1.29 is 0 Å². The lowest BCUT2D eigenvalue weighted by Crippen LogP contribution is -2.27. The van der Waals surface area contributed by atoms with Gasteiger partial charge in [-0.15, -0.1) is 5.10 Å². The molecule has 0 radical (unpaired) electrons. The minimum Gasteiger partial charge on any atom is -0.323 e. The normalized spacial score (nSPS) is 13.4. The van der Waals surface area contributed by atoms with Gasteiger partial charge in [-0.2, -0.15) is 0 Å². The van der Waals surface area contributed by atoms with E-state index in [1.807, 2.05) is 17.8 Å². The number of hydrogen-bond acceptors (Lipinski definition) is 4.